The van der Waals surface area contributed by atoms with Gasteiger partial charge < -0.3 is 5.11 Å². The van der Waals surface area contributed by atoms with Gasteiger partial charge in [0.2, 0.25) is 0 Å². The Kier molecular flexibility index (Phi) is 4.00. The van der Waals surface area contributed by atoms with Crippen molar-refractivity contribution >= 4 is 0 Å². The van der Waals surface area contributed by atoms with Gasteiger partial charge in [-0.1, -0.05) is 37.3 Å². The topological polar surface area (TPSA) is 47.3 Å². The van der Waals surface area contributed by atoms with Crippen LogP contribution in [0.4, 0.5) is 0 Å². The predicted molar refractivity (Wildman–Crippen MR) is 71.1 cm³/mol. The summed E-state index contributed by atoms with van der Waals surface area (Å²) in [4.78, 5) is 2.22. The molecule has 1 atom stereocenters. The second kappa shape index (κ2) is 5.51. The zero-order chi connectivity index (χ0) is 13.0. The van der Waals surface area contributed by atoms with E-state index in [0.29, 0.717) is 19.0 Å². The predicted octanol–water partition coefficient (Wildman–Crippen LogP) is 2.14. The van der Waals surface area contributed by atoms with Gasteiger partial charge in [0.1, 0.15) is 5.60 Å². The molecule has 0 aromatic heterocycles. The van der Waals surface area contributed by atoms with Gasteiger partial charge in [-0.25, -0.2) is 0 Å². The standard InChI is InChI=1S/C15H20N2O/c1-13(14-5-3-2-4-6-14)7-10-17-11-15(18,12-17)8-9-16/h2-6,13,18H,7-8,10-12H2,1H3/t13-/m1/s1. The van der Waals surface area contributed by atoms with E-state index in [4.69, 9.17) is 5.26 Å². The van der Waals surface area contributed by atoms with Crippen molar-refractivity contribution in [3.63, 3.8) is 0 Å². The number of β-amino-alcohol motifs (C(OH)–C–C–N with tert-alkyl or cyclic N) is 1. The van der Waals surface area contributed by atoms with Gasteiger partial charge in [0.15, 0.2) is 0 Å². The molecule has 1 fully saturated rings. The van der Waals surface area contributed by atoms with Crippen LogP contribution in [0.25, 0.3) is 0 Å². The van der Waals surface area contributed by atoms with E-state index in [1.165, 1.54) is 5.56 Å². The molecule has 3 heteroatoms. The van der Waals surface area contributed by atoms with E-state index < -0.39 is 5.60 Å². The molecule has 3 nitrogen and oxygen atoms in total. The van der Waals surface area contributed by atoms with Gasteiger partial charge >= 0.3 is 0 Å². The first-order chi connectivity index (χ1) is 8.63. The Balaban J connectivity index is 1.73. The maximum Gasteiger partial charge on any atom is 0.103 e. The summed E-state index contributed by atoms with van der Waals surface area (Å²) < 4.78 is 0. The van der Waals surface area contributed by atoms with Gasteiger partial charge in [-0.05, 0) is 24.4 Å². The molecule has 0 spiro atoms. The highest BCUT2D eigenvalue weighted by Gasteiger charge is 2.40. The van der Waals surface area contributed by atoms with E-state index in [1.807, 2.05) is 12.1 Å². The molecule has 1 aliphatic heterocycles. The number of hydrogen-bond acceptors (Lipinski definition) is 3. The van der Waals surface area contributed by atoms with E-state index in [0.717, 1.165) is 13.0 Å². The fourth-order valence-electron chi connectivity index (χ4n) is 2.53. The number of hydrogen-bond donors (Lipinski definition) is 1. The van der Waals surface area contributed by atoms with Gasteiger partial charge in [0.05, 0.1) is 12.5 Å². The van der Waals surface area contributed by atoms with Crippen molar-refractivity contribution in [2.45, 2.75) is 31.3 Å². The van der Waals surface area contributed by atoms with Crippen molar-refractivity contribution in [3.8, 4) is 6.07 Å². The lowest BCUT2D eigenvalue weighted by molar-refractivity contribution is -0.0940. The van der Waals surface area contributed by atoms with Crippen molar-refractivity contribution in [1.29, 1.82) is 5.26 Å². The number of likely N-dealkylation sites (tertiary alicyclic amines) is 1. The van der Waals surface area contributed by atoms with E-state index >= 15 is 0 Å². The van der Waals surface area contributed by atoms with Crippen molar-refractivity contribution in [1.82, 2.24) is 4.90 Å². The lowest BCUT2D eigenvalue weighted by Crippen LogP contribution is -2.61. The zero-order valence-corrected chi connectivity index (χ0v) is 10.8. The first kappa shape index (κ1) is 13.1. The maximum atomic E-state index is 9.90. The molecule has 96 valence electrons. The number of benzene rings is 1. The van der Waals surface area contributed by atoms with Crippen molar-refractivity contribution < 1.29 is 5.11 Å². The first-order valence-electron chi connectivity index (χ1n) is 6.50. The quantitative estimate of drug-likeness (QED) is 0.863. The third-order valence-electron chi connectivity index (χ3n) is 3.69. The molecule has 1 aromatic carbocycles. The van der Waals surface area contributed by atoms with Crippen LogP contribution >= 0.6 is 0 Å². The van der Waals surface area contributed by atoms with Gasteiger partial charge in [-0.2, -0.15) is 5.26 Å². The monoisotopic (exact) mass is 244 g/mol. The Bertz CT molecular complexity index is 418. The lowest BCUT2D eigenvalue weighted by Gasteiger charge is -2.45. The smallest absolute Gasteiger partial charge is 0.103 e. The van der Waals surface area contributed by atoms with Crippen molar-refractivity contribution in [2.24, 2.45) is 0 Å². The fourth-order valence-corrected chi connectivity index (χ4v) is 2.53. The SMILES string of the molecule is C[C@H](CCN1CC(O)(CC#N)C1)c1ccccc1. The third-order valence-corrected chi connectivity index (χ3v) is 3.69. The highest BCUT2D eigenvalue weighted by molar-refractivity contribution is 5.18. The molecule has 0 amide bonds. The Morgan fingerprint density at radius 1 is 1.39 bits per heavy atom. The summed E-state index contributed by atoms with van der Waals surface area (Å²) in [7, 11) is 0. The second-order valence-electron chi connectivity index (χ2n) is 5.37. The van der Waals surface area contributed by atoms with Gasteiger partial charge in [0, 0.05) is 13.1 Å². The summed E-state index contributed by atoms with van der Waals surface area (Å²) in [5.41, 5.74) is 0.621. The van der Waals surface area contributed by atoms with Crippen molar-refractivity contribution in [2.75, 3.05) is 19.6 Å². The molecule has 1 heterocycles. The normalized spacial score (nSPS) is 19.8. The summed E-state index contributed by atoms with van der Waals surface area (Å²) in [5, 5.41) is 18.5. The van der Waals surface area contributed by atoms with E-state index in [-0.39, 0.29) is 6.42 Å². The summed E-state index contributed by atoms with van der Waals surface area (Å²) in [6.07, 6.45) is 1.34. The molecule has 0 aliphatic carbocycles. The summed E-state index contributed by atoms with van der Waals surface area (Å²) in [5.74, 6) is 0.538. The maximum absolute atomic E-state index is 9.90. The van der Waals surface area contributed by atoms with Crippen LogP contribution in [0, 0.1) is 11.3 Å². The molecule has 2 rings (SSSR count). The number of nitriles is 1. The molecule has 1 aliphatic rings. The molecular formula is C15H20N2O. The van der Waals surface area contributed by atoms with Crippen LogP contribution in [-0.4, -0.2) is 35.2 Å². The summed E-state index contributed by atoms with van der Waals surface area (Å²) in [6, 6.07) is 12.5. The Morgan fingerprint density at radius 2 is 2.06 bits per heavy atom. The molecule has 0 bridgehead atoms. The molecule has 18 heavy (non-hydrogen) atoms. The molecule has 1 saturated heterocycles. The largest absolute Gasteiger partial charge is 0.386 e. The van der Waals surface area contributed by atoms with Crippen LogP contribution in [0.3, 0.4) is 0 Å². The molecule has 1 N–H and O–H groups in total. The minimum atomic E-state index is -0.745. The first-order valence-corrected chi connectivity index (χ1v) is 6.50. The Labute approximate surface area is 109 Å². The number of rotatable bonds is 5. The van der Waals surface area contributed by atoms with Gasteiger partial charge in [-0.15, -0.1) is 0 Å². The van der Waals surface area contributed by atoms with Crippen LogP contribution in [0.5, 0.6) is 0 Å². The molecule has 0 radical (unpaired) electrons. The van der Waals surface area contributed by atoms with Crippen LogP contribution in [0.2, 0.25) is 0 Å². The van der Waals surface area contributed by atoms with E-state index in [2.05, 4.69) is 36.1 Å². The molecule has 0 unspecified atom stereocenters. The lowest BCUT2D eigenvalue weighted by atomic mass is 9.90. The van der Waals surface area contributed by atoms with Crippen LogP contribution in [0.15, 0.2) is 30.3 Å². The van der Waals surface area contributed by atoms with Gasteiger partial charge in [-0.3, -0.25) is 4.90 Å². The van der Waals surface area contributed by atoms with Gasteiger partial charge in [0.25, 0.3) is 0 Å². The Morgan fingerprint density at radius 3 is 2.67 bits per heavy atom. The summed E-state index contributed by atoms with van der Waals surface area (Å²) >= 11 is 0. The number of aliphatic hydroxyl groups is 1. The molecular weight excluding hydrogens is 224 g/mol. The highest BCUT2D eigenvalue weighted by atomic mass is 16.3. The Hall–Kier alpha value is -1.37. The van der Waals surface area contributed by atoms with E-state index in [9.17, 15) is 5.11 Å². The highest BCUT2D eigenvalue weighted by Crippen LogP contribution is 2.26. The minimum Gasteiger partial charge on any atom is -0.386 e. The van der Waals surface area contributed by atoms with Crippen LogP contribution < -0.4 is 0 Å². The molecule has 0 saturated carbocycles. The third kappa shape index (κ3) is 3.10. The minimum absolute atomic E-state index is 0.248. The van der Waals surface area contributed by atoms with Crippen LogP contribution in [-0.2, 0) is 0 Å². The fraction of sp³-hybridized carbons (Fsp3) is 0.533. The van der Waals surface area contributed by atoms with Crippen molar-refractivity contribution in [3.05, 3.63) is 35.9 Å². The van der Waals surface area contributed by atoms with E-state index in [1.54, 1.807) is 0 Å². The summed E-state index contributed by atoms with van der Waals surface area (Å²) in [6.45, 7) is 4.50. The van der Waals surface area contributed by atoms with Crippen LogP contribution in [0.1, 0.15) is 31.2 Å². The molecule has 1 aromatic rings. The average molecular weight is 244 g/mol. The number of nitrogens with zero attached hydrogens (tertiary/aromatic N) is 2. The zero-order valence-electron chi connectivity index (χ0n) is 10.8. The second-order valence-corrected chi connectivity index (χ2v) is 5.37. The average Bonchev–Trinajstić information content (AvgIpc) is 2.35.